The average molecular weight is 286 g/mol. The lowest BCUT2D eigenvalue weighted by molar-refractivity contribution is 0.329. The summed E-state index contributed by atoms with van der Waals surface area (Å²) in [6, 6.07) is 5.16. The van der Waals surface area contributed by atoms with E-state index in [-0.39, 0.29) is 11.9 Å². The van der Waals surface area contributed by atoms with Crippen molar-refractivity contribution < 1.29 is 4.39 Å². The summed E-state index contributed by atoms with van der Waals surface area (Å²) in [6.07, 6.45) is 2.79. The normalized spacial score (nSPS) is 13.6. The fourth-order valence-corrected chi connectivity index (χ4v) is 2.39. The van der Waals surface area contributed by atoms with Crippen LogP contribution < -0.4 is 5.32 Å². The molecule has 1 N–H and O–H groups in total. The second kappa shape index (κ2) is 7.25. The molecule has 0 aliphatic heterocycles. The van der Waals surface area contributed by atoms with Gasteiger partial charge in [-0.05, 0) is 43.4 Å². The molecule has 0 radical (unpaired) electrons. The third-order valence-corrected chi connectivity index (χ3v) is 3.60. The van der Waals surface area contributed by atoms with E-state index in [2.05, 4.69) is 33.0 Å². The number of hydrogen-bond donors (Lipinski definition) is 1. The van der Waals surface area contributed by atoms with Crippen LogP contribution in [0.25, 0.3) is 0 Å². The minimum atomic E-state index is -0.203. The van der Waals surface area contributed by atoms with Gasteiger partial charge in [0.1, 0.15) is 5.82 Å². The Balaban J connectivity index is 2.72. The Bertz CT molecular complexity index is 378. The Morgan fingerprint density at radius 1 is 1.32 bits per heavy atom. The van der Waals surface area contributed by atoms with E-state index in [1.165, 1.54) is 6.07 Å². The molecular weight excluding hydrogens is 261 g/mol. The molecule has 0 heterocycles. The van der Waals surface area contributed by atoms with Crippen molar-refractivity contribution in [2.75, 3.05) is 6.54 Å². The first kappa shape index (κ1) is 16.5. The molecule has 0 aliphatic rings. The van der Waals surface area contributed by atoms with Crippen LogP contribution in [-0.4, -0.2) is 12.6 Å². The molecule has 1 unspecified atom stereocenters. The van der Waals surface area contributed by atoms with Crippen molar-refractivity contribution >= 4 is 11.6 Å². The van der Waals surface area contributed by atoms with E-state index < -0.39 is 0 Å². The molecule has 108 valence electrons. The van der Waals surface area contributed by atoms with Crippen molar-refractivity contribution in [2.24, 2.45) is 5.41 Å². The lowest BCUT2D eigenvalue weighted by Gasteiger charge is -2.24. The largest absolute Gasteiger partial charge is 0.314 e. The molecule has 1 rings (SSSR count). The Hall–Kier alpha value is -0.600. The highest BCUT2D eigenvalue weighted by molar-refractivity contribution is 6.31. The first-order valence-electron chi connectivity index (χ1n) is 6.99. The molecular formula is C16H25ClFN. The molecule has 1 nitrogen and oxygen atoms in total. The van der Waals surface area contributed by atoms with Crippen LogP contribution in [0.5, 0.6) is 0 Å². The summed E-state index contributed by atoms with van der Waals surface area (Å²) >= 11 is 6.10. The van der Waals surface area contributed by atoms with Crippen LogP contribution in [-0.2, 0) is 6.42 Å². The maximum Gasteiger partial charge on any atom is 0.127 e. The third kappa shape index (κ3) is 5.92. The second-order valence-electron chi connectivity index (χ2n) is 6.26. The number of halogens is 2. The highest BCUT2D eigenvalue weighted by Gasteiger charge is 2.17. The quantitative estimate of drug-likeness (QED) is 0.790. The van der Waals surface area contributed by atoms with E-state index in [1.54, 1.807) is 12.1 Å². The van der Waals surface area contributed by atoms with Crippen molar-refractivity contribution in [2.45, 2.75) is 53.0 Å². The molecule has 0 bridgehead atoms. The first-order chi connectivity index (χ1) is 8.83. The van der Waals surface area contributed by atoms with Crippen molar-refractivity contribution in [1.29, 1.82) is 0 Å². The molecule has 1 atom stereocenters. The SMILES string of the molecule is CCNC(CCC(C)(C)C)Cc1c(F)cccc1Cl. The van der Waals surface area contributed by atoms with E-state index in [9.17, 15) is 4.39 Å². The van der Waals surface area contributed by atoms with Gasteiger partial charge in [-0.2, -0.15) is 0 Å². The van der Waals surface area contributed by atoms with Crippen LogP contribution in [0.2, 0.25) is 5.02 Å². The van der Waals surface area contributed by atoms with E-state index in [0.717, 1.165) is 19.4 Å². The van der Waals surface area contributed by atoms with Gasteiger partial charge in [0, 0.05) is 16.6 Å². The molecule has 0 aromatic heterocycles. The molecule has 0 saturated heterocycles. The number of benzene rings is 1. The fourth-order valence-electron chi connectivity index (χ4n) is 2.15. The van der Waals surface area contributed by atoms with Gasteiger partial charge >= 0.3 is 0 Å². The van der Waals surface area contributed by atoms with Crippen LogP contribution in [0.1, 0.15) is 46.1 Å². The zero-order valence-electron chi connectivity index (χ0n) is 12.4. The minimum Gasteiger partial charge on any atom is -0.314 e. The molecule has 0 saturated carbocycles. The summed E-state index contributed by atoms with van der Waals surface area (Å²) in [5, 5.41) is 3.96. The van der Waals surface area contributed by atoms with E-state index in [0.29, 0.717) is 22.4 Å². The minimum absolute atomic E-state index is 0.203. The van der Waals surface area contributed by atoms with Crippen molar-refractivity contribution in [3.63, 3.8) is 0 Å². The molecule has 3 heteroatoms. The standard InChI is InChI=1S/C16H25ClFN/c1-5-19-12(9-10-16(2,3)4)11-13-14(17)7-6-8-15(13)18/h6-8,12,19H,5,9-11H2,1-4H3. The summed E-state index contributed by atoms with van der Waals surface area (Å²) in [5.74, 6) is -0.203. The average Bonchev–Trinajstić information content (AvgIpc) is 2.30. The molecule has 0 aliphatic carbocycles. The van der Waals surface area contributed by atoms with Gasteiger partial charge in [0.15, 0.2) is 0 Å². The maximum atomic E-state index is 13.8. The number of hydrogen-bond acceptors (Lipinski definition) is 1. The highest BCUT2D eigenvalue weighted by Crippen LogP contribution is 2.25. The Morgan fingerprint density at radius 2 is 2.00 bits per heavy atom. The Morgan fingerprint density at radius 3 is 2.53 bits per heavy atom. The maximum absolute atomic E-state index is 13.8. The van der Waals surface area contributed by atoms with Crippen molar-refractivity contribution in [3.05, 3.63) is 34.6 Å². The zero-order chi connectivity index (χ0) is 14.5. The number of rotatable bonds is 6. The van der Waals surface area contributed by atoms with Crippen molar-refractivity contribution in [1.82, 2.24) is 5.32 Å². The third-order valence-electron chi connectivity index (χ3n) is 3.25. The van der Waals surface area contributed by atoms with Crippen LogP contribution in [0, 0.1) is 11.2 Å². The summed E-state index contributed by atoms with van der Waals surface area (Å²) in [6.45, 7) is 9.65. The van der Waals surface area contributed by atoms with Crippen LogP contribution in [0.3, 0.4) is 0 Å². The lowest BCUT2D eigenvalue weighted by atomic mass is 9.87. The van der Waals surface area contributed by atoms with Gasteiger partial charge in [0.25, 0.3) is 0 Å². The van der Waals surface area contributed by atoms with Gasteiger partial charge in [-0.15, -0.1) is 0 Å². The molecule has 19 heavy (non-hydrogen) atoms. The summed E-state index contributed by atoms with van der Waals surface area (Å²) < 4.78 is 13.8. The van der Waals surface area contributed by atoms with Gasteiger partial charge in [-0.1, -0.05) is 45.4 Å². The highest BCUT2D eigenvalue weighted by atomic mass is 35.5. The number of likely N-dealkylation sites (N-methyl/N-ethyl adjacent to an activating group) is 1. The smallest absolute Gasteiger partial charge is 0.127 e. The monoisotopic (exact) mass is 285 g/mol. The molecule has 0 spiro atoms. The second-order valence-corrected chi connectivity index (χ2v) is 6.67. The molecule has 1 aromatic rings. The number of nitrogens with one attached hydrogen (secondary N) is 1. The zero-order valence-corrected chi connectivity index (χ0v) is 13.1. The van der Waals surface area contributed by atoms with Crippen LogP contribution in [0.15, 0.2) is 18.2 Å². The van der Waals surface area contributed by atoms with Gasteiger partial charge < -0.3 is 5.32 Å². The fraction of sp³-hybridized carbons (Fsp3) is 0.625. The van der Waals surface area contributed by atoms with Gasteiger partial charge in [-0.3, -0.25) is 0 Å². The summed E-state index contributed by atoms with van der Waals surface area (Å²) in [7, 11) is 0. The van der Waals surface area contributed by atoms with E-state index in [4.69, 9.17) is 11.6 Å². The summed E-state index contributed by atoms with van der Waals surface area (Å²) in [4.78, 5) is 0. The van der Waals surface area contributed by atoms with Crippen molar-refractivity contribution in [3.8, 4) is 0 Å². The van der Waals surface area contributed by atoms with Crippen LogP contribution >= 0.6 is 11.6 Å². The molecule has 0 amide bonds. The van der Waals surface area contributed by atoms with Crippen LogP contribution in [0.4, 0.5) is 4.39 Å². The van der Waals surface area contributed by atoms with Gasteiger partial charge in [0.2, 0.25) is 0 Å². The predicted octanol–water partition coefficient (Wildman–Crippen LogP) is 4.83. The molecule has 0 fully saturated rings. The predicted molar refractivity (Wildman–Crippen MR) is 81.3 cm³/mol. The Labute approximate surface area is 121 Å². The lowest BCUT2D eigenvalue weighted by Crippen LogP contribution is -2.32. The van der Waals surface area contributed by atoms with Gasteiger partial charge in [-0.25, -0.2) is 4.39 Å². The first-order valence-corrected chi connectivity index (χ1v) is 7.37. The van der Waals surface area contributed by atoms with Gasteiger partial charge in [0.05, 0.1) is 0 Å². The van der Waals surface area contributed by atoms with E-state index >= 15 is 0 Å². The Kier molecular flexibility index (Phi) is 6.28. The topological polar surface area (TPSA) is 12.0 Å². The van der Waals surface area contributed by atoms with E-state index in [1.807, 2.05) is 0 Å². The summed E-state index contributed by atoms with van der Waals surface area (Å²) in [5.41, 5.74) is 0.927. The molecule has 1 aromatic carbocycles.